The fraction of sp³-hybridized carbons (Fsp3) is 0.435. The number of carbonyl (C=O) groups is 1. The molecule has 2 aromatic carbocycles. The van der Waals surface area contributed by atoms with Crippen molar-refractivity contribution in [2.75, 3.05) is 31.1 Å². The number of phenols is 1. The number of carboxylic acids is 1. The van der Waals surface area contributed by atoms with Crippen molar-refractivity contribution in [3.05, 3.63) is 59.2 Å². The number of hydrogen-bond acceptors (Lipinski definition) is 4. The van der Waals surface area contributed by atoms with Crippen molar-refractivity contribution >= 4 is 11.7 Å². The second-order valence-electron chi connectivity index (χ2n) is 7.96. The number of piperazine rings is 1. The molecule has 168 valence electrons. The summed E-state index contributed by atoms with van der Waals surface area (Å²) in [4.78, 5) is 14.1. The summed E-state index contributed by atoms with van der Waals surface area (Å²) in [5.74, 6) is -2.36. The first-order valence-electron chi connectivity index (χ1n) is 10.3. The van der Waals surface area contributed by atoms with Crippen molar-refractivity contribution in [1.82, 2.24) is 4.90 Å². The van der Waals surface area contributed by atoms with Gasteiger partial charge in [-0.3, -0.25) is 4.90 Å². The van der Waals surface area contributed by atoms with Crippen LogP contribution in [0.5, 0.6) is 5.75 Å². The maximum atomic E-state index is 10.6. The molecule has 2 aromatic rings. The van der Waals surface area contributed by atoms with Gasteiger partial charge in [-0.05, 0) is 61.1 Å². The van der Waals surface area contributed by atoms with Crippen LogP contribution in [0.25, 0.3) is 0 Å². The molecule has 31 heavy (non-hydrogen) atoms. The summed E-state index contributed by atoms with van der Waals surface area (Å²) in [6.45, 7) is 6.72. The number of aliphatic carboxylic acids is 1. The van der Waals surface area contributed by atoms with Crippen LogP contribution >= 0.6 is 0 Å². The highest BCUT2D eigenvalue weighted by Gasteiger charge is 2.38. The largest absolute Gasteiger partial charge is 0.508 e. The number of hydrogen-bond donors (Lipinski definition) is 2. The second kappa shape index (κ2) is 9.60. The van der Waals surface area contributed by atoms with Gasteiger partial charge in [0.15, 0.2) is 0 Å². The van der Waals surface area contributed by atoms with E-state index in [2.05, 4.69) is 47.1 Å². The van der Waals surface area contributed by atoms with Gasteiger partial charge in [-0.15, -0.1) is 0 Å². The minimum absolute atomic E-state index is 0.402. The van der Waals surface area contributed by atoms with Gasteiger partial charge in [0.05, 0.1) is 0 Å². The molecule has 1 aliphatic heterocycles. The minimum Gasteiger partial charge on any atom is -0.508 e. The van der Waals surface area contributed by atoms with E-state index in [4.69, 9.17) is 9.90 Å². The Labute approximate surface area is 179 Å². The maximum absolute atomic E-state index is 10.6. The van der Waals surface area contributed by atoms with E-state index in [0.717, 1.165) is 39.0 Å². The van der Waals surface area contributed by atoms with E-state index in [0.29, 0.717) is 11.8 Å². The number of anilines is 1. The van der Waals surface area contributed by atoms with E-state index in [1.165, 1.54) is 28.8 Å². The first-order chi connectivity index (χ1) is 14.6. The molecule has 8 heteroatoms. The van der Waals surface area contributed by atoms with Crippen molar-refractivity contribution in [1.29, 1.82) is 0 Å². The van der Waals surface area contributed by atoms with E-state index in [9.17, 15) is 18.3 Å². The van der Waals surface area contributed by atoms with Gasteiger partial charge in [-0.25, -0.2) is 4.79 Å². The highest BCUT2D eigenvalue weighted by molar-refractivity contribution is 5.73. The smallest absolute Gasteiger partial charge is 0.490 e. The van der Waals surface area contributed by atoms with Gasteiger partial charge < -0.3 is 15.1 Å². The molecular weight excluding hydrogens is 409 g/mol. The second-order valence-corrected chi connectivity index (χ2v) is 7.96. The van der Waals surface area contributed by atoms with Gasteiger partial charge in [0, 0.05) is 37.9 Å². The third kappa shape index (κ3) is 5.91. The van der Waals surface area contributed by atoms with E-state index < -0.39 is 12.1 Å². The SMILES string of the molecule is Cc1ccccc1N1CCN(C2CCc3cc(O)ccc3C2)CC1.O=C(O)C(F)(F)F. The van der Waals surface area contributed by atoms with Crippen LogP contribution in [0.1, 0.15) is 23.1 Å². The lowest BCUT2D eigenvalue weighted by Gasteiger charge is -2.42. The first kappa shape index (κ1) is 22.9. The van der Waals surface area contributed by atoms with Crippen LogP contribution in [0.3, 0.4) is 0 Å². The van der Waals surface area contributed by atoms with Gasteiger partial charge >= 0.3 is 12.1 Å². The molecule has 0 bridgehead atoms. The van der Waals surface area contributed by atoms with E-state index in [1.54, 1.807) is 0 Å². The molecule has 2 aliphatic rings. The molecular formula is C23H27F3N2O3. The molecule has 5 nitrogen and oxygen atoms in total. The van der Waals surface area contributed by atoms with Gasteiger partial charge in [0.1, 0.15) is 5.75 Å². The zero-order valence-corrected chi connectivity index (χ0v) is 17.4. The topological polar surface area (TPSA) is 64.0 Å². The number of aryl methyl sites for hydroxylation is 2. The zero-order valence-electron chi connectivity index (χ0n) is 17.4. The molecule has 1 fully saturated rings. The zero-order chi connectivity index (χ0) is 22.6. The molecule has 0 saturated carbocycles. The molecule has 1 atom stereocenters. The lowest BCUT2D eigenvalue weighted by atomic mass is 9.87. The Morgan fingerprint density at radius 3 is 2.29 bits per heavy atom. The molecule has 1 unspecified atom stereocenters. The predicted octanol–water partition coefficient (Wildman–Crippen LogP) is 4.01. The van der Waals surface area contributed by atoms with Crippen LogP contribution in [0.4, 0.5) is 18.9 Å². The molecule has 0 spiro atoms. The lowest BCUT2D eigenvalue weighted by Crippen LogP contribution is -2.51. The molecule has 4 rings (SSSR count). The molecule has 0 aromatic heterocycles. The Hall–Kier alpha value is -2.74. The van der Waals surface area contributed by atoms with E-state index in [-0.39, 0.29) is 0 Å². The predicted molar refractivity (Wildman–Crippen MR) is 113 cm³/mol. The quantitative estimate of drug-likeness (QED) is 0.745. The summed E-state index contributed by atoms with van der Waals surface area (Å²) in [5, 5.41) is 16.8. The summed E-state index contributed by atoms with van der Waals surface area (Å²) in [7, 11) is 0. The van der Waals surface area contributed by atoms with Crippen molar-refractivity contribution in [2.45, 2.75) is 38.4 Å². The Kier molecular flexibility index (Phi) is 7.10. The average Bonchev–Trinajstić information content (AvgIpc) is 2.74. The third-order valence-corrected chi connectivity index (χ3v) is 5.92. The number of para-hydroxylation sites is 1. The van der Waals surface area contributed by atoms with Crippen molar-refractivity contribution < 1.29 is 28.2 Å². The Morgan fingerprint density at radius 2 is 1.68 bits per heavy atom. The van der Waals surface area contributed by atoms with Crippen LogP contribution < -0.4 is 4.90 Å². The fourth-order valence-corrected chi connectivity index (χ4v) is 4.28. The molecule has 0 radical (unpaired) electrons. The Balaban J connectivity index is 0.000000339. The Bertz CT molecular complexity index is 909. The number of alkyl halides is 3. The summed E-state index contributed by atoms with van der Waals surface area (Å²) in [5.41, 5.74) is 5.52. The van der Waals surface area contributed by atoms with Gasteiger partial charge in [-0.2, -0.15) is 13.2 Å². The summed E-state index contributed by atoms with van der Waals surface area (Å²) in [6.07, 6.45) is -1.66. The maximum Gasteiger partial charge on any atom is 0.490 e. The monoisotopic (exact) mass is 436 g/mol. The van der Waals surface area contributed by atoms with Gasteiger partial charge in [0.2, 0.25) is 0 Å². The highest BCUT2D eigenvalue weighted by atomic mass is 19.4. The van der Waals surface area contributed by atoms with Gasteiger partial charge in [-0.1, -0.05) is 24.3 Å². The Morgan fingerprint density at radius 1 is 1.03 bits per heavy atom. The molecule has 2 N–H and O–H groups in total. The van der Waals surface area contributed by atoms with Crippen molar-refractivity contribution in [3.63, 3.8) is 0 Å². The first-order valence-corrected chi connectivity index (χ1v) is 10.3. The molecule has 1 saturated heterocycles. The van der Waals surface area contributed by atoms with E-state index >= 15 is 0 Å². The number of fused-ring (bicyclic) bond motifs is 1. The number of nitrogens with zero attached hydrogens (tertiary/aromatic N) is 2. The number of rotatable bonds is 2. The fourth-order valence-electron chi connectivity index (χ4n) is 4.28. The highest BCUT2D eigenvalue weighted by Crippen LogP contribution is 2.29. The summed E-state index contributed by atoms with van der Waals surface area (Å²) in [6, 6.07) is 15.2. The standard InChI is InChI=1S/C21H26N2O.C2HF3O2/c1-16-4-2-3-5-21(16)23-12-10-22(11-13-23)19-8-6-18-15-20(24)9-7-17(18)14-19;3-2(4,5)1(6)7/h2-5,7,9,15,19,24H,6,8,10-14H2,1H3;(H,6,7). The normalized spacial score (nSPS) is 19.2. The molecule has 1 aliphatic carbocycles. The van der Waals surface area contributed by atoms with Crippen LogP contribution in [-0.4, -0.2) is 59.5 Å². The van der Waals surface area contributed by atoms with Crippen LogP contribution in [0.2, 0.25) is 0 Å². The van der Waals surface area contributed by atoms with Gasteiger partial charge in [0.25, 0.3) is 0 Å². The summed E-state index contributed by atoms with van der Waals surface area (Å²) >= 11 is 0. The van der Waals surface area contributed by atoms with Crippen LogP contribution in [0.15, 0.2) is 42.5 Å². The number of carboxylic acid groups (broad SMARTS) is 1. The van der Waals surface area contributed by atoms with E-state index in [1.807, 2.05) is 12.1 Å². The average molecular weight is 436 g/mol. The molecule has 1 heterocycles. The third-order valence-electron chi connectivity index (χ3n) is 5.92. The number of phenolic OH excluding ortho intramolecular Hbond substituents is 1. The van der Waals surface area contributed by atoms with Crippen molar-refractivity contribution in [2.24, 2.45) is 0 Å². The summed E-state index contributed by atoms with van der Waals surface area (Å²) < 4.78 is 31.7. The number of benzene rings is 2. The lowest BCUT2D eigenvalue weighted by molar-refractivity contribution is -0.192. The number of halogens is 3. The minimum atomic E-state index is -5.08. The number of aromatic hydroxyl groups is 1. The van der Waals surface area contributed by atoms with Crippen LogP contribution in [-0.2, 0) is 17.6 Å². The van der Waals surface area contributed by atoms with Crippen LogP contribution in [0, 0.1) is 6.92 Å². The van der Waals surface area contributed by atoms with Crippen molar-refractivity contribution in [3.8, 4) is 5.75 Å². The molecule has 0 amide bonds.